The molecule has 0 amide bonds. The predicted molar refractivity (Wildman–Crippen MR) is 92.3 cm³/mol. The third-order valence-corrected chi connectivity index (χ3v) is 4.17. The lowest BCUT2D eigenvalue weighted by Gasteiger charge is -2.07. The Morgan fingerprint density at radius 1 is 0.952 bits per heavy atom. The molecule has 104 valence electrons. The summed E-state index contributed by atoms with van der Waals surface area (Å²) in [6.07, 6.45) is 0.618. The van der Waals surface area contributed by atoms with Crippen molar-refractivity contribution in [1.29, 1.82) is 0 Å². The van der Waals surface area contributed by atoms with E-state index in [0.717, 1.165) is 16.8 Å². The standard InChI is InChI=1S/C17H13IN2O/c18-15-16(13-9-5-2-6-10-13)19-14(20-17(15)21)11-12-7-3-1-4-8-12/h1-10H,11H2,(H,19,20,21). The SMILES string of the molecule is O=c1[nH]c(Cc2ccccc2)nc(-c2ccccc2)c1I. The Balaban J connectivity index is 2.04. The smallest absolute Gasteiger partial charge is 0.264 e. The molecule has 0 fully saturated rings. The number of halogens is 1. The lowest BCUT2D eigenvalue weighted by molar-refractivity contribution is 0.941. The zero-order chi connectivity index (χ0) is 14.7. The van der Waals surface area contributed by atoms with Crippen LogP contribution in [0.5, 0.6) is 0 Å². The van der Waals surface area contributed by atoms with Crippen LogP contribution in [0.4, 0.5) is 0 Å². The lowest BCUT2D eigenvalue weighted by atomic mass is 10.1. The quantitative estimate of drug-likeness (QED) is 0.697. The van der Waals surface area contributed by atoms with Crippen LogP contribution in [0.3, 0.4) is 0 Å². The summed E-state index contributed by atoms with van der Waals surface area (Å²) in [6.45, 7) is 0. The van der Waals surface area contributed by atoms with E-state index in [1.807, 2.05) is 83.3 Å². The molecule has 2 aromatic carbocycles. The lowest BCUT2D eigenvalue weighted by Crippen LogP contribution is -2.16. The zero-order valence-electron chi connectivity index (χ0n) is 11.2. The van der Waals surface area contributed by atoms with E-state index in [-0.39, 0.29) is 5.56 Å². The molecule has 3 rings (SSSR count). The van der Waals surface area contributed by atoms with Crippen LogP contribution in [0.15, 0.2) is 65.5 Å². The van der Waals surface area contributed by atoms with Crippen LogP contribution >= 0.6 is 22.6 Å². The van der Waals surface area contributed by atoms with Crippen molar-refractivity contribution in [1.82, 2.24) is 9.97 Å². The number of nitrogens with one attached hydrogen (secondary N) is 1. The summed E-state index contributed by atoms with van der Waals surface area (Å²) in [6, 6.07) is 19.8. The number of aromatic amines is 1. The Kier molecular flexibility index (Phi) is 4.15. The van der Waals surface area contributed by atoms with E-state index >= 15 is 0 Å². The van der Waals surface area contributed by atoms with Crippen molar-refractivity contribution in [2.45, 2.75) is 6.42 Å². The molecule has 0 bridgehead atoms. The molecular weight excluding hydrogens is 375 g/mol. The highest BCUT2D eigenvalue weighted by Crippen LogP contribution is 2.20. The van der Waals surface area contributed by atoms with Gasteiger partial charge in [-0.15, -0.1) is 0 Å². The Morgan fingerprint density at radius 3 is 2.24 bits per heavy atom. The monoisotopic (exact) mass is 388 g/mol. The van der Waals surface area contributed by atoms with Gasteiger partial charge in [0.15, 0.2) is 0 Å². The van der Waals surface area contributed by atoms with E-state index in [1.165, 1.54) is 0 Å². The van der Waals surface area contributed by atoms with Gasteiger partial charge >= 0.3 is 0 Å². The van der Waals surface area contributed by atoms with Crippen molar-refractivity contribution in [3.8, 4) is 11.3 Å². The maximum Gasteiger partial charge on any atom is 0.264 e. The molecule has 1 heterocycles. The van der Waals surface area contributed by atoms with E-state index in [2.05, 4.69) is 9.97 Å². The molecule has 1 N–H and O–H groups in total. The number of nitrogens with zero attached hydrogens (tertiary/aromatic N) is 1. The molecule has 21 heavy (non-hydrogen) atoms. The number of hydrogen-bond acceptors (Lipinski definition) is 2. The second-order valence-corrected chi connectivity index (χ2v) is 5.78. The molecule has 0 saturated carbocycles. The Hall–Kier alpha value is -1.95. The summed E-state index contributed by atoms with van der Waals surface area (Å²) >= 11 is 2.05. The number of rotatable bonds is 3. The number of H-pyrrole nitrogens is 1. The van der Waals surface area contributed by atoms with Crippen LogP contribution in [-0.2, 0) is 6.42 Å². The molecule has 0 unspecified atom stereocenters. The van der Waals surface area contributed by atoms with Crippen LogP contribution in [-0.4, -0.2) is 9.97 Å². The van der Waals surface area contributed by atoms with Crippen LogP contribution in [0.1, 0.15) is 11.4 Å². The highest BCUT2D eigenvalue weighted by Gasteiger charge is 2.11. The van der Waals surface area contributed by atoms with Gasteiger partial charge in [0.05, 0.1) is 5.69 Å². The minimum atomic E-state index is -0.0876. The van der Waals surface area contributed by atoms with Crippen LogP contribution in [0.25, 0.3) is 11.3 Å². The molecular formula is C17H13IN2O. The second kappa shape index (κ2) is 6.22. The van der Waals surface area contributed by atoms with Gasteiger partial charge in [0.25, 0.3) is 5.56 Å². The number of hydrogen-bond donors (Lipinski definition) is 1. The van der Waals surface area contributed by atoms with Gasteiger partial charge in [-0.3, -0.25) is 4.79 Å². The van der Waals surface area contributed by atoms with E-state index in [9.17, 15) is 4.79 Å². The van der Waals surface area contributed by atoms with Crippen molar-refractivity contribution in [3.05, 3.63) is 86.0 Å². The van der Waals surface area contributed by atoms with Gasteiger partial charge in [-0.1, -0.05) is 60.7 Å². The predicted octanol–water partition coefficient (Wildman–Crippen LogP) is 3.63. The van der Waals surface area contributed by atoms with E-state index in [0.29, 0.717) is 15.8 Å². The first-order chi connectivity index (χ1) is 10.2. The molecule has 0 radical (unpaired) electrons. The molecule has 0 spiro atoms. The third kappa shape index (κ3) is 3.21. The molecule has 3 nitrogen and oxygen atoms in total. The van der Waals surface area contributed by atoms with E-state index in [4.69, 9.17) is 0 Å². The van der Waals surface area contributed by atoms with Crippen molar-refractivity contribution in [2.75, 3.05) is 0 Å². The van der Waals surface area contributed by atoms with E-state index < -0.39 is 0 Å². The van der Waals surface area contributed by atoms with Gasteiger partial charge in [0, 0.05) is 12.0 Å². The fourth-order valence-electron chi connectivity index (χ4n) is 2.17. The average molecular weight is 388 g/mol. The zero-order valence-corrected chi connectivity index (χ0v) is 13.4. The molecule has 0 aliphatic carbocycles. The van der Waals surface area contributed by atoms with E-state index in [1.54, 1.807) is 0 Å². The Labute approximate surface area is 136 Å². The highest BCUT2D eigenvalue weighted by molar-refractivity contribution is 14.1. The first kappa shape index (κ1) is 14.0. The summed E-state index contributed by atoms with van der Waals surface area (Å²) < 4.78 is 0.621. The minimum Gasteiger partial charge on any atom is -0.309 e. The van der Waals surface area contributed by atoms with Crippen molar-refractivity contribution < 1.29 is 0 Å². The molecule has 0 aliphatic heterocycles. The maximum atomic E-state index is 12.1. The fourth-order valence-corrected chi connectivity index (χ4v) is 2.73. The maximum absolute atomic E-state index is 12.1. The van der Waals surface area contributed by atoms with Crippen LogP contribution < -0.4 is 5.56 Å². The summed E-state index contributed by atoms with van der Waals surface area (Å²) in [5.41, 5.74) is 2.74. The van der Waals surface area contributed by atoms with Crippen LogP contribution in [0.2, 0.25) is 0 Å². The van der Waals surface area contributed by atoms with Crippen molar-refractivity contribution in [3.63, 3.8) is 0 Å². The van der Waals surface area contributed by atoms with Gasteiger partial charge < -0.3 is 4.98 Å². The average Bonchev–Trinajstić information content (AvgIpc) is 2.52. The van der Waals surface area contributed by atoms with Gasteiger partial charge in [-0.2, -0.15) is 0 Å². The first-order valence-electron chi connectivity index (χ1n) is 6.62. The summed E-state index contributed by atoms with van der Waals surface area (Å²) in [5.74, 6) is 0.686. The fraction of sp³-hybridized carbons (Fsp3) is 0.0588. The number of aromatic nitrogens is 2. The normalized spacial score (nSPS) is 10.5. The van der Waals surface area contributed by atoms with Crippen LogP contribution in [0, 0.1) is 3.57 Å². The molecule has 4 heteroatoms. The van der Waals surface area contributed by atoms with Gasteiger partial charge in [0.1, 0.15) is 9.39 Å². The van der Waals surface area contributed by atoms with Crippen molar-refractivity contribution in [2.24, 2.45) is 0 Å². The van der Waals surface area contributed by atoms with Crippen molar-refractivity contribution >= 4 is 22.6 Å². The van der Waals surface area contributed by atoms with Gasteiger partial charge in [0.2, 0.25) is 0 Å². The highest BCUT2D eigenvalue weighted by atomic mass is 127. The third-order valence-electron chi connectivity index (χ3n) is 3.17. The molecule has 0 atom stereocenters. The minimum absolute atomic E-state index is 0.0876. The summed E-state index contributed by atoms with van der Waals surface area (Å²) in [7, 11) is 0. The molecule has 0 saturated heterocycles. The summed E-state index contributed by atoms with van der Waals surface area (Å²) in [5, 5.41) is 0. The first-order valence-corrected chi connectivity index (χ1v) is 7.70. The largest absolute Gasteiger partial charge is 0.309 e. The summed E-state index contributed by atoms with van der Waals surface area (Å²) in [4.78, 5) is 19.6. The van der Waals surface area contributed by atoms with Gasteiger partial charge in [-0.05, 0) is 28.2 Å². The Bertz CT molecular complexity index is 798. The van der Waals surface area contributed by atoms with Gasteiger partial charge in [-0.25, -0.2) is 4.98 Å². The molecule has 0 aliphatic rings. The topological polar surface area (TPSA) is 45.8 Å². The molecule has 3 aromatic rings. The Morgan fingerprint density at radius 2 is 1.57 bits per heavy atom. The number of benzene rings is 2. The second-order valence-electron chi connectivity index (χ2n) is 4.70. The molecule has 1 aromatic heterocycles.